The van der Waals surface area contributed by atoms with Crippen LogP contribution >= 0.6 is 0 Å². The van der Waals surface area contributed by atoms with Crippen LogP contribution in [0.4, 0.5) is 5.69 Å². The predicted octanol–water partition coefficient (Wildman–Crippen LogP) is 4.46. The molecule has 6 nitrogen and oxygen atoms in total. The quantitative estimate of drug-likeness (QED) is 0.561. The zero-order valence-electron chi connectivity index (χ0n) is 15.7. The minimum atomic E-state index is -0.185. The average molecular weight is 372 g/mol. The lowest BCUT2D eigenvalue weighted by atomic mass is 10.2. The van der Waals surface area contributed by atoms with Crippen LogP contribution in [0.3, 0.4) is 0 Å². The van der Waals surface area contributed by atoms with Gasteiger partial charge in [0.1, 0.15) is 5.76 Å². The number of carbonyl (C=O) groups is 1. The van der Waals surface area contributed by atoms with Gasteiger partial charge >= 0.3 is 0 Å². The first kappa shape index (κ1) is 17.7. The second-order valence-electron chi connectivity index (χ2n) is 6.57. The highest BCUT2D eigenvalue weighted by Gasteiger charge is 2.17. The van der Waals surface area contributed by atoms with Crippen LogP contribution in [0.1, 0.15) is 27.5 Å². The number of anilines is 1. The van der Waals surface area contributed by atoms with Crippen LogP contribution < -0.4 is 5.32 Å². The number of furan rings is 1. The van der Waals surface area contributed by atoms with Crippen molar-refractivity contribution in [2.24, 2.45) is 0 Å². The molecule has 0 bridgehead atoms. The van der Waals surface area contributed by atoms with Crippen LogP contribution in [0.2, 0.25) is 0 Å². The first-order valence-electron chi connectivity index (χ1n) is 9.00. The summed E-state index contributed by atoms with van der Waals surface area (Å²) in [6.45, 7) is 4.50. The van der Waals surface area contributed by atoms with E-state index in [2.05, 4.69) is 19.9 Å². The maximum absolute atomic E-state index is 12.8. The monoisotopic (exact) mass is 372 g/mol. The average Bonchev–Trinajstić information content (AvgIpc) is 3.33. The summed E-state index contributed by atoms with van der Waals surface area (Å²) in [6, 6.07) is 15.4. The van der Waals surface area contributed by atoms with Crippen LogP contribution in [-0.2, 0) is 6.54 Å². The molecule has 0 aliphatic carbocycles. The van der Waals surface area contributed by atoms with Crippen LogP contribution in [0.25, 0.3) is 11.4 Å². The molecule has 6 heteroatoms. The van der Waals surface area contributed by atoms with Crippen molar-refractivity contribution < 1.29 is 9.21 Å². The molecule has 0 spiro atoms. The highest BCUT2D eigenvalue weighted by atomic mass is 16.3. The molecule has 3 aromatic heterocycles. The van der Waals surface area contributed by atoms with Gasteiger partial charge in [-0.05, 0) is 32.0 Å². The van der Waals surface area contributed by atoms with E-state index in [0.717, 1.165) is 22.7 Å². The summed E-state index contributed by atoms with van der Waals surface area (Å²) in [7, 11) is 0. The van der Waals surface area contributed by atoms with Crippen LogP contribution in [0.5, 0.6) is 0 Å². The van der Waals surface area contributed by atoms with Gasteiger partial charge in [0, 0.05) is 17.0 Å². The van der Waals surface area contributed by atoms with E-state index in [1.54, 1.807) is 18.7 Å². The van der Waals surface area contributed by atoms with Gasteiger partial charge in [-0.25, -0.2) is 9.97 Å². The molecule has 4 rings (SSSR count). The van der Waals surface area contributed by atoms with E-state index >= 15 is 0 Å². The standard InChI is InChI=1S/C22H20N4O2/c1-15-11-20(16(2)26(15)14-19-9-6-10-28-19)22(27)25-18-12-23-21(24-13-18)17-7-4-3-5-8-17/h3-13H,14H2,1-2H3,(H,25,27). The minimum absolute atomic E-state index is 0.185. The lowest BCUT2D eigenvalue weighted by Crippen LogP contribution is -2.14. The second-order valence-corrected chi connectivity index (χ2v) is 6.57. The molecule has 1 amide bonds. The molecule has 0 saturated carbocycles. The molecule has 0 aliphatic rings. The second kappa shape index (κ2) is 7.52. The van der Waals surface area contributed by atoms with E-state index < -0.39 is 0 Å². The topological polar surface area (TPSA) is 73.0 Å². The highest BCUT2D eigenvalue weighted by molar-refractivity contribution is 6.05. The normalized spacial score (nSPS) is 10.8. The van der Waals surface area contributed by atoms with Crippen molar-refractivity contribution in [3.05, 3.63) is 89.9 Å². The van der Waals surface area contributed by atoms with Gasteiger partial charge in [0.05, 0.1) is 36.5 Å². The maximum Gasteiger partial charge on any atom is 0.257 e. The van der Waals surface area contributed by atoms with Gasteiger partial charge in [-0.3, -0.25) is 4.79 Å². The zero-order valence-corrected chi connectivity index (χ0v) is 15.7. The molecule has 4 aromatic rings. The van der Waals surface area contributed by atoms with Gasteiger partial charge in [-0.15, -0.1) is 0 Å². The third-order valence-electron chi connectivity index (χ3n) is 4.65. The molecule has 28 heavy (non-hydrogen) atoms. The number of benzene rings is 1. The van der Waals surface area contributed by atoms with E-state index in [-0.39, 0.29) is 5.91 Å². The van der Waals surface area contributed by atoms with Crippen molar-refractivity contribution >= 4 is 11.6 Å². The van der Waals surface area contributed by atoms with E-state index in [4.69, 9.17) is 4.42 Å². The molecular formula is C22H20N4O2. The fourth-order valence-corrected chi connectivity index (χ4v) is 3.16. The molecule has 1 aromatic carbocycles. The number of nitrogens with zero attached hydrogens (tertiary/aromatic N) is 3. The fraction of sp³-hybridized carbons (Fsp3) is 0.136. The smallest absolute Gasteiger partial charge is 0.257 e. The van der Waals surface area contributed by atoms with E-state index in [1.807, 2.05) is 62.4 Å². The van der Waals surface area contributed by atoms with Crippen molar-refractivity contribution in [3.8, 4) is 11.4 Å². The first-order chi connectivity index (χ1) is 13.6. The number of amides is 1. The largest absolute Gasteiger partial charge is 0.467 e. The molecule has 1 N–H and O–H groups in total. The predicted molar refractivity (Wildman–Crippen MR) is 107 cm³/mol. The Labute approximate surface area is 162 Å². The molecule has 0 saturated heterocycles. The number of rotatable bonds is 5. The summed E-state index contributed by atoms with van der Waals surface area (Å²) in [4.78, 5) is 21.4. The van der Waals surface area contributed by atoms with E-state index in [1.165, 1.54) is 0 Å². The Hall–Kier alpha value is -3.67. The van der Waals surface area contributed by atoms with E-state index in [9.17, 15) is 4.79 Å². The molecule has 3 heterocycles. The fourth-order valence-electron chi connectivity index (χ4n) is 3.16. The number of hydrogen-bond donors (Lipinski definition) is 1. The van der Waals surface area contributed by atoms with Crippen molar-refractivity contribution in [1.82, 2.24) is 14.5 Å². The summed E-state index contributed by atoms with van der Waals surface area (Å²) in [6.07, 6.45) is 4.89. The number of carbonyl (C=O) groups excluding carboxylic acids is 1. The summed E-state index contributed by atoms with van der Waals surface area (Å²) in [5.74, 6) is 1.28. The Morgan fingerprint density at radius 3 is 2.50 bits per heavy atom. The molecule has 0 unspecified atom stereocenters. The molecule has 140 valence electrons. The van der Waals surface area contributed by atoms with Gasteiger partial charge in [-0.2, -0.15) is 0 Å². The SMILES string of the molecule is Cc1cc(C(=O)Nc2cnc(-c3ccccc3)nc2)c(C)n1Cc1ccco1. The molecule has 0 aliphatic heterocycles. The minimum Gasteiger partial charge on any atom is -0.467 e. The maximum atomic E-state index is 12.8. The van der Waals surface area contributed by atoms with Gasteiger partial charge < -0.3 is 14.3 Å². The molecular weight excluding hydrogens is 352 g/mol. The zero-order chi connectivity index (χ0) is 19.5. The van der Waals surface area contributed by atoms with Crippen molar-refractivity contribution in [3.63, 3.8) is 0 Å². The van der Waals surface area contributed by atoms with Gasteiger partial charge in [0.25, 0.3) is 5.91 Å². The molecule has 0 atom stereocenters. The molecule has 0 fully saturated rings. The van der Waals surface area contributed by atoms with E-state index in [0.29, 0.717) is 23.6 Å². The Kier molecular flexibility index (Phi) is 4.76. The summed E-state index contributed by atoms with van der Waals surface area (Å²) in [5.41, 5.74) is 3.99. The summed E-state index contributed by atoms with van der Waals surface area (Å²) in [5, 5.41) is 2.88. The van der Waals surface area contributed by atoms with Crippen LogP contribution in [0.15, 0.2) is 71.6 Å². The Balaban J connectivity index is 1.51. The van der Waals surface area contributed by atoms with Gasteiger partial charge in [-0.1, -0.05) is 30.3 Å². The third kappa shape index (κ3) is 3.57. The number of aryl methyl sites for hydroxylation is 1. The number of aromatic nitrogens is 3. The Morgan fingerprint density at radius 1 is 1.07 bits per heavy atom. The van der Waals surface area contributed by atoms with Gasteiger partial charge in [0.15, 0.2) is 5.82 Å². The summed E-state index contributed by atoms with van der Waals surface area (Å²) >= 11 is 0. The van der Waals surface area contributed by atoms with Crippen molar-refractivity contribution in [2.75, 3.05) is 5.32 Å². The first-order valence-corrected chi connectivity index (χ1v) is 9.00. The number of hydrogen-bond acceptors (Lipinski definition) is 4. The highest BCUT2D eigenvalue weighted by Crippen LogP contribution is 2.20. The van der Waals surface area contributed by atoms with Gasteiger partial charge in [0.2, 0.25) is 0 Å². The third-order valence-corrected chi connectivity index (χ3v) is 4.65. The molecule has 0 radical (unpaired) electrons. The van der Waals surface area contributed by atoms with Crippen molar-refractivity contribution in [2.45, 2.75) is 20.4 Å². The summed E-state index contributed by atoms with van der Waals surface area (Å²) < 4.78 is 7.48. The Morgan fingerprint density at radius 2 is 1.82 bits per heavy atom. The van der Waals surface area contributed by atoms with Crippen molar-refractivity contribution in [1.29, 1.82) is 0 Å². The lowest BCUT2D eigenvalue weighted by Gasteiger charge is -2.08. The van der Waals surface area contributed by atoms with Crippen LogP contribution in [-0.4, -0.2) is 20.4 Å². The lowest BCUT2D eigenvalue weighted by molar-refractivity contribution is 0.102. The van der Waals surface area contributed by atoms with Crippen LogP contribution in [0, 0.1) is 13.8 Å². The number of nitrogens with one attached hydrogen (secondary N) is 1. The Bertz CT molecular complexity index is 1080.